The lowest BCUT2D eigenvalue weighted by Crippen LogP contribution is -2.43. The Morgan fingerprint density at radius 2 is 1.95 bits per heavy atom. The van der Waals surface area contributed by atoms with Crippen LogP contribution < -0.4 is 5.32 Å². The predicted octanol–water partition coefficient (Wildman–Crippen LogP) is 4.99. The summed E-state index contributed by atoms with van der Waals surface area (Å²) in [6.45, 7) is 8.36. The minimum absolute atomic E-state index is 0.126. The molecule has 37 heavy (non-hydrogen) atoms. The highest BCUT2D eigenvalue weighted by Gasteiger charge is 2.27. The Morgan fingerprint density at radius 3 is 2.68 bits per heavy atom. The topological polar surface area (TPSA) is 85.7 Å². The van der Waals surface area contributed by atoms with E-state index in [4.69, 9.17) is 14.5 Å². The number of ether oxygens (including phenoxy) is 2. The van der Waals surface area contributed by atoms with Crippen molar-refractivity contribution in [3.8, 4) is 0 Å². The molecule has 8 nitrogen and oxygen atoms in total. The molecule has 5 rings (SSSR count). The molecular weight excluding hydrogens is 468 g/mol. The van der Waals surface area contributed by atoms with E-state index in [1.54, 1.807) is 4.90 Å². The third-order valence-electron chi connectivity index (χ3n) is 7.31. The van der Waals surface area contributed by atoms with E-state index < -0.39 is 5.60 Å². The monoisotopic (exact) mass is 506 g/mol. The summed E-state index contributed by atoms with van der Waals surface area (Å²) in [6.07, 6.45) is 6.70. The minimum Gasteiger partial charge on any atom is -0.444 e. The fourth-order valence-corrected chi connectivity index (χ4v) is 5.56. The average Bonchev–Trinajstić information content (AvgIpc) is 3.21. The van der Waals surface area contributed by atoms with Crippen molar-refractivity contribution in [1.82, 2.24) is 19.8 Å². The lowest BCUT2D eigenvalue weighted by atomic mass is 10.0. The lowest BCUT2D eigenvalue weighted by Gasteiger charge is -2.33. The molecule has 1 atom stereocenters. The molecule has 2 saturated heterocycles. The van der Waals surface area contributed by atoms with Crippen LogP contribution in [0, 0.1) is 0 Å². The molecule has 0 saturated carbocycles. The van der Waals surface area contributed by atoms with Gasteiger partial charge in [-0.2, -0.15) is 0 Å². The Kier molecular flexibility index (Phi) is 7.38. The summed E-state index contributed by atoms with van der Waals surface area (Å²) in [4.78, 5) is 30.6. The van der Waals surface area contributed by atoms with Gasteiger partial charge < -0.3 is 24.3 Å². The van der Waals surface area contributed by atoms with E-state index in [9.17, 15) is 9.59 Å². The molecule has 1 unspecified atom stereocenters. The van der Waals surface area contributed by atoms with Crippen molar-refractivity contribution >= 4 is 33.9 Å². The number of aromatic nitrogens is 2. The number of carbonyl (C=O) groups excluding carboxylic acids is 2. The summed E-state index contributed by atoms with van der Waals surface area (Å²) in [5.74, 6) is 0.126. The molecule has 1 aromatic carbocycles. The Bertz CT molecular complexity index is 1260. The van der Waals surface area contributed by atoms with Crippen LogP contribution in [0.2, 0.25) is 0 Å². The van der Waals surface area contributed by atoms with Crippen molar-refractivity contribution in [3.63, 3.8) is 0 Å². The highest BCUT2D eigenvalue weighted by Crippen LogP contribution is 2.35. The van der Waals surface area contributed by atoms with Crippen molar-refractivity contribution in [3.05, 3.63) is 42.1 Å². The molecule has 3 aromatic rings. The standard InChI is InChI=1S/C29H38N4O4/c1-29(2,3)37-28(35)32-16-13-22(14-17-32)36-18-6-8-20-7-4-10-24-26(20)23-9-5-15-30-27(23)33(24)21-11-12-25(34)31-19-21/h4-5,7,9-10,15,21-22H,6,8,11-14,16-19H2,1-3H3,(H,31,34). The van der Waals surface area contributed by atoms with Crippen LogP contribution in [0.5, 0.6) is 0 Å². The minimum atomic E-state index is -0.470. The fraction of sp³-hybridized carbons (Fsp3) is 0.552. The number of hydrogen-bond acceptors (Lipinski definition) is 5. The molecule has 0 spiro atoms. The first-order valence-corrected chi connectivity index (χ1v) is 13.5. The Morgan fingerprint density at radius 1 is 1.14 bits per heavy atom. The van der Waals surface area contributed by atoms with Crippen LogP contribution in [0.3, 0.4) is 0 Å². The van der Waals surface area contributed by atoms with Gasteiger partial charge in [0, 0.05) is 49.6 Å². The number of hydrogen-bond donors (Lipinski definition) is 1. The number of likely N-dealkylation sites (tertiary alicyclic amines) is 1. The number of fused-ring (bicyclic) bond motifs is 3. The van der Waals surface area contributed by atoms with Crippen LogP contribution in [0.25, 0.3) is 21.9 Å². The van der Waals surface area contributed by atoms with Crippen LogP contribution in [0.15, 0.2) is 36.5 Å². The first-order chi connectivity index (χ1) is 17.8. The summed E-state index contributed by atoms with van der Waals surface area (Å²) in [5.41, 5.74) is 3.00. The largest absolute Gasteiger partial charge is 0.444 e. The highest BCUT2D eigenvalue weighted by molar-refractivity contribution is 6.08. The zero-order chi connectivity index (χ0) is 26.0. The number of pyridine rings is 1. The maximum atomic E-state index is 12.3. The van der Waals surface area contributed by atoms with E-state index in [1.807, 2.05) is 33.0 Å². The van der Waals surface area contributed by atoms with Crippen LogP contribution in [0.1, 0.15) is 64.5 Å². The van der Waals surface area contributed by atoms with Crippen molar-refractivity contribution in [2.45, 2.75) is 77.0 Å². The zero-order valence-electron chi connectivity index (χ0n) is 22.2. The third kappa shape index (κ3) is 5.74. The lowest BCUT2D eigenvalue weighted by molar-refractivity contribution is -0.122. The molecule has 8 heteroatoms. The van der Waals surface area contributed by atoms with Gasteiger partial charge in [0.15, 0.2) is 0 Å². The Labute approximate surface area is 218 Å². The van der Waals surface area contributed by atoms with E-state index in [0.717, 1.165) is 37.8 Å². The number of nitrogens with one attached hydrogen (secondary N) is 1. The summed E-state index contributed by atoms with van der Waals surface area (Å²) in [6, 6.07) is 10.9. The van der Waals surface area contributed by atoms with Crippen LogP contribution in [0.4, 0.5) is 4.79 Å². The summed E-state index contributed by atoms with van der Waals surface area (Å²) in [7, 11) is 0. The highest BCUT2D eigenvalue weighted by atomic mass is 16.6. The van der Waals surface area contributed by atoms with Crippen LogP contribution >= 0.6 is 0 Å². The van der Waals surface area contributed by atoms with E-state index in [1.165, 1.54) is 21.9 Å². The molecule has 4 heterocycles. The number of nitrogens with zero attached hydrogens (tertiary/aromatic N) is 3. The first kappa shape index (κ1) is 25.5. The normalized spacial score (nSPS) is 19.4. The molecule has 0 radical (unpaired) electrons. The van der Waals surface area contributed by atoms with Crippen molar-refractivity contribution in [1.29, 1.82) is 0 Å². The van der Waals surface area contributed by atoms with Gasteiger partial charge in [0.05, 0.1) is 17.7 Å². The predicted molar refractivity (Wildman–Crippen MR) is 144 cm³/mol. The summed E-state index contributed by atoms with van der Waals surface area (Å²) in [5, 5.41) is 5.45. The molecular formula is C29H38N4O4. The fourth-order valence-electron chi connectivity index (χ4n) is 5.56. The van der Waals surface area contributed by atoms with Gasteiger partial charge in [-0.25, -0.2) is 9.78 Å². The van der Waals surface area contributed by atoms with Gasteiger partial charge in [0.25, 0.3) is 0 Å². The Balaban J connectivity index is 1.21. The van der Waals surface area contributed by atoms with Crippen molar-refractivity contribution < 1.29 is 19.1 Å². The summed E-state index contributed by atoms with van der Waals surface area (Å²) < 4.78 is 14.0. The van der Waals surface area contributed by atoms with E-state index in [0.29, 0.717) is 32.7 Å². The van der Waals surface area contributed by atoms with Gasteiger partial charge in [-0.1, -0.05) is 12.1 Å². The smallest absolute Gasteiger partial charge is 0.410 e. The summed E-state index contributed by atoms with van der Waals surface area (Å²) >= 11 is 0. The number of piperidine rings is 2. The second-order valence-corrected chi connectivity index (χ2v) is 11.2. The average molecular weight is 507 g/mol. The van der Waals surface area contributed by atoms with Gasteiger partial charge in [0.1, 0.15) is 11.2 Å². The van der Waals surface area contributed by atoms with Gasteiger partial charge >= 0.3 is 6.09 Å². The first-order valence-electron chi connectivity index (χ1n) is 13.5. The molecule has 198 valence electrons. The van der Waals surface area contributed by atoms with Gasteiger partial charge in [0.2, 0.25) is 5.91 Å². The molecule has 2 amide bonds. The molecule has 2 aliphatic rings. The molecule has 2 aliphatic heterocycles. The number of aryl methyl sites for hydroxylation is 1. The second-order valence-electron chi connectivity index (χ2n) is 11.2. The number of benzene rings is 1. The van der Waals surface area contributed by atoms with E-state index in [-0.39, 0.29) is 24.1 Å². The number of carbonyl (C=O) groups is 2. The second kappa shape index (κ2) is 10.7. The van der Waals surface area contributed by atoms with Gasteiger partial charge in [-0.15, -0.1) is 0 Å². The SMILES string of the molecule is CC(C)(C)OC(=O)N1CCC(OCCCc2cccc3c2c2cccnc2n3C2CCC(=O)NC2)CC1. The Hall–Kier alpha value is -3.13. The molecule has 2 aromatic heterocycles. The number of amides is 2. The van der Waals surface area contributed by atoms with Crippen molar-refractivity contribution in [2.75, 3.05) is 26.2 Å². The molecule has 2 fully saturated rings. The van der Waals surface area contributed by atoms with Crippen LogP contribution in [-0.2, 0) is 20.7 Å². The number of rotatable bonds is 6. The van der Waals surface area contributed by atoms with Gasteiger partial charge in [-0.05, 0) is 76.6 Å². The third-order valence-corrected chi connectivity index (χ3v) is 7.31. The molecule has 1 N–H and O–H groups in total. The maximum Gasteiger partial charge on any atom is 0.410 e. The van der Waals surface area contributed by atoms with E-state index >= 15 is 0 Å². The maximum absolute atomic E-state index is 12.3. The van der Waals surface area contributed by atoms with Crippen LogP contribution in [-0.4, -0.2) is 64.4 Å². The molecule has 0 aliphatic carbocycles. The molecule has 0 bridgehead atoms. The quantitative estimate of drug-likeness (QED) is 0.476. The van der Waals surface area contributed by atoms with E-state index in [2.05, 4.69) is 34.1 Å². The van der Waals surface area contributed by atoms with Gasteiger partial charge in [-0.3, -0.25) is 4.79 Å². The zero-order valence-corrected chi connectivity index (χ0v) is 22.2. The van der Waals surface area contributed by atoms with Crippen molar-refractivity contribution in [2.24, 2.45) is 0 Å².